The van der Waals surface area contributed by atoms with Crippen LogP contribution in [0.25, 0.3) is 0 Å². The van der Waals surface area contributed by atoms with E-state index in [-0.39, 0.29) is 0 Å². The second-order valence-electron chi connectivity index (χ2n) is 5.75. The molecule has 1 N–H and O–H groups in total. The minimum absolute atomic E-state index is 0.324. The van der Waals surface area contributed by atoms with Gasteiger partial charge in [0, 0.05) is 38.9 Å². The molecule has 1 atom stereocenters. The number of para-hydroxylation sites is 1. The molecule has 3 rings (SSSR count). The number of pyridine rings is 1. The van der Waals surface area contributed by atoms with Gasteiger partial charge in [-0.15, -0.1) is 0 Å². The summed E-state index contributed by atoms with van der Waals surface area (Å²) in [4.78, 5) is 8.95. The monoisotopic (exact) mass is 313 g/mol. The minimum atomic E-state index is -0.475. The van der Waals surface area contributed by atoms with E-state index in [1.54, 1.807) is 0 Å². The molecule has 5 nitrogen and oxygen atoms in total. The van der Waals surface area contributed by atoms with Crippen molar-refractivity contribution in [3.8, 4) is 5.75 Å². The number of rotatable bonds is 6. The Morgan fingerprint density at radius 3 is 2.43 bits per heavy atom. The van der Waals surface area contributed by atoms with Gasteiger partial charge in [0.25, 0.3) is 0 Å². The maximum absolute atomic E-state index is 10.2. The Morgan fingerprint density at radius 1 is 1.00 bits per heavy atom. The lowest BCUT2D eigenvalue weighted by atomic mass is 10.2. The average molecular weight is 313 g/mol. The summed E-state index contributed by atoms with van der Waals surface area (Å²) in [6.07, 6.45) is 1.35. The molecule has 0 radical (unpaired) electrons. The second-order valence-corrected chi connectivity index (χ2v) is 5.75. The predicted octanol–water partition coefficient (Wildman–Crippen LogP) is 1.64. The topological polar surface area (TPSA) is 48.8 Å². The zero-order valence-corrected chi connectivity index (χ0v) is 13.2. The van der Waals surface area contributed by atoms with Gasteiger partial charge in [0.1, 0.15) is 24.3 Å². The van der Waals surface area contributed by atoms with E-state index >= 15 is 0 Å². The Morgan fingerprint density at radius 2 is 1.74 bits per heavy atom. The highest BCUT2D eigenvalue weighted by Gasteiger charge is 2.20. The SMILES string of the molecule is OC(COc1ccccc1)CN1CCN(c2ccccn2)CC1. The number of ether oxygens (including phenoxy) is 1. The molecule has 1 aliphatic heterocycles. The molecule has 2 aromatic rings. The molecule has 2 heterocycles. The Kier molecular flexibility index (Phi) is 5.45. The molecule has 0 saturated carbocycles. The first-order chi connectivity index (χ1) is 11.3. The van der Waals surface area contributed by atoms with Crippen LogP contribution >= 0.6 is 0 Å². The number of hydrogen-bond acceptors (Lipinski definition) is 5. The van der Waals surface area contributed by atoms with Crippen molar-refractivity contribution in [1.82, 2.24) is 9.88 Å². The van der Waals surface area contributed by atoms with Gasteiger partial charge in [-0.3, -0.25) is 4.90 Å². The molecule has 1 fully saturated rings. The standard InChI is InChI=1S/C18H23N3O2/c22-16(15-23-17-6-2-1-3-7-17)14-20-10-12-21(13-11-20)18-8-4-5-9-19-18/h1-9,16,22H,10-15H2. The third-order valence-corrected chi connectivity index (χ3v) is 4.00. The van der Waals surface area contributed by atoms with Crippen LogP contribution in [0.15, 0.2) is 54.7 Å². The highest BCUT2D eigenvalue weighted by atomic mass is 16.5. The van der Waals surface area contributed by atoms with Crippen LogP contribution in [0.1, 0.15) is 0 Å². The van der Waals surface area contributed by atoms with E-state index in [9.17, 15) is 5.11 Å². The van der Waals surface area contributed by atoms with Crippen molar-refractivity contribution >= 4 is 5.82 Å². The van der Waals surface area contributed by atoms with E-state index in [2.05, 4.69) is 14.8 Å². The number of aromatic nitrogens is 1. The van der Waals surface area contributed by atoms with Gasteiger partial charge in [0.05, 0.1) is 0 Å². The molecule has 5 heteroatoms. The van der Waals surface area contributed by atoms with Crippen molar-refractivity contribution in [3.63, 3.8) is 0 Å². The smallest absolute Gasteiger partial charge is 0.128 e. The largest absolute Gasteiger partial charge is 0.491 e. The Hall–Kier alpha value is -2.11. The van der Waals surface area contributed by atoms with Gasteiger partial charge in [0.2, 0.25) is 0 Å². The zero-order valence-electron chi connectivity index (χ0n) is 13.2. The maximum Gasteiger partial charge on any atom is 0.128 e. The van der Waals surface area contributed by atoms with Crippen LogP contribution in [-0.2, 0) is 0 Å². The summed E-state index contributed by atoms with van der Waals surface area (Å²) in [5, 5.41) is 10.2. The molecular weight excluding hydrogens is 290 g/mol. The fourth-order valence-electron chi connectivity index (χ4n) is 2.76. The Labute approximate surface area is 137 Å². The van der Waals surface area contributed by atoms with Gasteiger partial charge < -0.3 is 14.7 Å². The first-order valence-electron chi connectivity index (χ1n) is 8.05. The van der Waals surface area contributed by atoms with Gasteiger partial charge in [0.15, 0.2) is 0 Å². The summed E-state index contributed by atoms with van der Waals surface area (Å²) >= 11 is 0. The van der Waals surface area contributed by atoms with E-state index in [0.717, 1.165) is 37.7 Å². The van der Waals surface area contributed by atoms with E-state index in [0.29, 0.717) is 13.2 Å². The lowest BCUT2D eigenvalue weighted by molar-refractivity contribution is 0.0662. The van der Waals surface area contributed by atoms with Crippen molar-refractivity contribution in [1.29, 1.82) is 0 Å². The lowest BCUT2D eigenvalue weighted by Crippen LogP contribution is -2.49. The molecular formula is C18H23N3O2. The van der Waals surface area contributed by atoms with Gasteiger partial charge in [-0.2, -0.15) is 0 Å². The van der Waals surface area contributed by atoms with Crippen LogP contribution < -0.4 is 9.64 Å². The summed E-state index contributed by atoms with van der Waals surface area (Å²) in [6, 6.07) is 15.6. The molecule has 1 aliphatic rings. The quantitative estimate of drug-likeness (QED) is 0.879. The summed E-state index contributed by atoms with van der Waals surface area (Å²) in [5.74, 6) is 1.83. The molecule has 1 aromatic carbocycles. The molecule has 0 spiro atoms. The summed E-state index contributed by atoms with van der Waals surface area (Å²) in [5.41, 5.74) is 0. The molecule has 23 heavy (non-hydrogen) atoms. The van der Waals surface area contributed by atoms with E-state index < -0.39 is 6.10 Å². The highest BCUT2D eigenvalue weighted by Crippen LogP contribution is 2.13. The fraction of sp³-hybridized carbons (Fsp3) is 0.389. The second kappa shape index (κ2) is 7.94. The van der Waals surface area contributed by atoms with Crippen LogP contribution in [0.2, 0.25) is 0 Å². The Bertz CT molecular complexity index is 571. The number of nitrogens with zero attached hydrogens (tertiary/aromatic N) is 3. The molecule has 0 aliphatic carbocycles. The number of hydrogen-bond donors (Lipinski definition) is 1. The lowest BCUT2D eigenvalue weighted by Gasteiger charge is -2.36. The van der Waals surface area contributed by atoms with Gasteiger partial charge in [-0.25, -0.2) is 4.98 Å². The van der Waals surface area contributed by atoms with Gasteiger partial charge in [-0.05, 0) is 24.3 Å². The van der Waals surface area contributed by atoms with Crippen molar-refractivity contribution in [3.05, 3.63) is 54.7 Å². The number of piperazine rings is 1. The minimum Gasteiger partial charge on any atom is -0.491 e. The number of β-amino-alcohol motifs (C(OH)–C–C–N with tert-alkyl or cyclic N) is 1. The van der Waals surface area contributed by atoms with Crippen LogP contribution in [-0.4, -0.2) is 60.4 Å². The zero-order chi connectivity index (χ0) is 15.9. The molecule has 0 bridgehead atoms. The molecule has 122 valence electrons. The molecule has 1 unspecified atom stereocenters. The van der Waals surface area contributed by atoms with Crippen molar-refractivity contribution in [2.75, 3.05) is 44.2 Å². The Balaban J connectivity index is 1.40. The number of anilines is 1. The van der Waals surface area contributed by atoms with Crippen LogP contribution in [0, 0.1) is 0 Å². The van der Waals surface area contributed by atoms with Gasteiger partial charge >= 0.3 is 0 Å². The summed E-state index contributed by atoms with van der Waals surface area (Å²) in [7, 11) is 0. The van der Waals surface area contributed by atoms with E-state index in [1.165, 1.54) is 0 Å². The first kappa shape index (κ1) is 15.8. The fourth-order valence-corrected chi connectivity index (χ4v) is 2.76. The van der Waals surface area contributed by atoms with E-state index in [4.69, 9.17) is 4.74 Å². The van der Waals surface area contributed by atoms with Crippen molar-refractivity contribution in [2.24, 2.45) is 0 Å². The third kappa shape index (κ3) is 4.68. The molecule has 1 saturated heterocycles. The number of benzene rings is 1. The normalized spacial score (nSPS) is 17.0. The third-order valence-electron chi connectivity index (χ3n) is 4.00. The van der Waals surface area contributed by atoms with Gasteiger partial charge in [-0.1, -0.05) is 24.3 Å². The van der Waals surface area contributed by atoms with E-state index in [1.807, 2.05) is 54.7 Å². The highest BCUT2D eigenvalue weighted by molar-refractivity contribution is 5.38. The van der Waals surface area contributed by atoms with Crippen LogP contribution in [0.3, 0.4) is 0 Å². The van der Waals surface area contributed by atoms with Crippen LogP contribution in [0.5, 0.6) is 5.75 Å². The maximum atomic E-state index is 10.2. The van der Waals surface area contributed by atoms with Crippen molar-refractivity contribution in [2.45, 2.75) is 6.10 Å². The number of aliphatic hydroxyl groups is 1. The number of aliphatic hydroxyl groups excluding tert-OH is 1. The molecule has 0 amide bonds. The average Bonchev–Trinajstić information content (AvgIpc) is 2.62. The summed E-state index contributed by atoms with van der Waals surface area (Å²) < 4.78 is 5.60. The van der Waals surface area contributed by atoms with Crippen molar-refractivity contribution < 1.29 is 9.84 Å². The summed E-state index contributed by atoms with van der Waals surface area (Å²) in [6.45, 7) is 4.69. The first-order valence-corrected chi connectivity index (χ1v) is 8.05. The molecule has 1 aromatic heterocycles. The van der Waals surface area contributed by atoms with Crippen LogP contribution in [0.4, 0.5) is 5.82 Å². The predicted molar refractivity (Wildman–Crippen MR) is 90.8 cm³/mol.